The van der Waals surface area contributed by atoms with Gasteiger partial charge in [-0.15, -0.1) is 11.3 Å². The van der Waals surface area contributed by atoms with Gasteiger partial charge in [-0.1, -0.05) is 0 Å². The van der Waals surface area contributed by atoms with Crippen LogP contribution in [0.3, 0.4) is 0 Å². The molecule has 1 aliphatic heterocycles. The fourth-order valence-electron chi connectivity index (χ4n) is 2.31. The van der Waals surface area contributed by atoms with Gasteiger partial charge in [-0.2, -0.15) is 0 Å². The first-order valence-corrected chi connectivity index (χ1v) is 6.81. The highest BCUT2D eigenvalue weighted by Gasteiger charge is 2.29. The third-order valence-corrected chi connectivity index (χ3v) is 4.35. The number of rotatable bonds is 4. The van der Waals surface area contributed by atoms with E-state index in [1.807, 2.05) is 26.1 Å². The number of nitrogens with zero attached hydrogens (tertiary/aromatic N) is 1. The van der Waals surface area contributed by atoms with Gasteiger partial charge in [0.15, 0.2) is 5.78 Å². The lowest BCUT2D eigenvalue weighted by atomic mass is 10.1. The molecule has 1 fully saturated rings. The predicted octanol–water partition coefficient (Wildman–Crippen LogP) is 2.35. The second-order valence-corrected chi connectivity index (χ2v) is 5.97. The van der Waals surface area contributed by atoms with Crippen molar-refractivity contribution in [3.8, 4) is 0 Å². The lowest BCUT2D eigenvalue weighted by molar-refractivity contribution is 0.0748. The van der Waals surface area contributed by atoms with Gasteiger partial charge in [0, 0.05) is 17.5 Å². The number of hydrogen-bond acceptors (Lipinski definition) is 4. The van der Waals surface area contributed by atoms with Crippen LogP contribution in [-0.2, 0) is 4.74 Å². The van der Waals surface area contributed by atoms with Crippen LogP contribution in [0.1, 0.15) is 27.9 Å². The molecule has 1 saturated heterocycles. The van der Waals surface area contributed by atoms with E-state index >= 15 is 0 Å². The van der Waals surface area contributed by atoms with Crippen molar-refractivity contribution in [1.82, 2.24) is 4.90 Å². The summed E-state index contributed by atoms with van der Waals surface area (Å²) < 4.78 is 5.53. The lowest BCUT2D eigenvalue weighted by Crippen LogP contribution is -2.39. The molecule has 0 saturated carbocycles. The van der Waals surface area contributed by atoms with Crippen molar-refractivity contribution < 1.29 is 9.53 Å². The first-order chi connectivity index (χ1) is 8.08. The van der Waals surface area contributed by atoms with E-state index in [4.69, 9.17) is 4.74 Å². The normalized spacial score (nSPS) is 24.5. The Labute approximate surface area is 106 Å². The average Bonchev–Trinajstić information content (AvgIpc) is 2.86. The molecule has 0 spiro atoms. The smallest absolute Gasteiger partial charge is 0.186 e. The molecule has 0 N–H and O–H groups in total. The fourth-order valence-corrected chi connectivity index (χ4v) is 3.10. The van der Waals surface area contributed by atoms with Gasteiger partial charge in [-0.05, 0) is 39.4 Å². The van der Waals surface area contributed by atoms with Crippen molar-refractivity contribution in [3.05, 3.63) is 21.9 Å². The predicted molar refractivity (Wildman–Crippen MR) is 69.8 cm³/mol. The molecule has 0 aromatic carbocycles. The van der Waals surface area contributed by atoms with Crippen molar-refractivity contribution >= 4 is 17.1 Å². The van der Waals surface area contributed by atoms with Crippen LogP contribution in [-0.4, -0.2) is 43.0 Å². The highest BCUT2D eigenvalue weighted by atomic mass is 32.1. The van der Waals surface area contributed by atoms with Crippen LogP contribution >= 0.6 is 11.3 Å². The molecule has 2 atom stereocenters. The SMILES string of the molecule is Cc1ccc(C(=O)CN(C)C2CCOC2C)s1. The van der Waals surface area contributed by atoms with Crippen LogP contribution in [0.5, 0.6) is 0 Å². The average molecular weight is 253 g/mol. The van der Waals surface area contributed by atoms with Crippen molar-refractivity contribution in [1.29, 1.82) is 0 Å². The molecule has 2 rings (SSSR count). The van der Waals surface area contributed by atoms with Crippen molar-refractivity contribution in [2.75, 3.05) is 20.2 Å². The molecular formula is C13H19NO2S. The highest BCUT2D eigenvalue weighted by molar-refractivity contribution is 7.14. The van der Waals surface area contributed by atoms with E-state index in [9.17, 15) is 4.79 Å². The quantitative estimate of drug-likeness (QED) is 0.771. The summed E-state index contributed by atoms with van der Waals surface area (Å²) in [6.45, 7) is 5.40. The summed E-state index contributed by atoms with van der Waals surface area (Å²) in [6.07, 6.45) is 1.26. The first kappa shape index (κ1) is 12.7. The van der Waals surface area contributed by atoms with Crippen LogP contribution < -0.4 is 0 Å². The molecule has 0 aliphatic carbocycles. The maximum absolute atomic E-state index is 12.1. The number of hydrogen-bond donors (Lipinski definition) is 0. The highest BCUT2D eigenvalue weighted by Crippen LogP contribution is 2.20. The van der Waals surface area contributed by atoms with Gasteiger partial charge in [-0.3, -0.25) is 9.69 Å². The van der Waals surface area contributed by atoms with Gasteiger partial charge in [0.1, 0.15) is 0 Å². The molecule has 17 heavy (non-hydrogen) atoms. The Morgan fingerprint density at radius 3 is 2.88 bits per heavy atom. The standard InChI is InChI=1S/C13H19NO2S/c1-9-4-5-13(17-9)12(15)8-14(3)11-6-7-16-10(11)2/h4-5,10-11H,6-8H2,1-3H3. The van der Waals surface area contributed by atoms with Gasteiger partial charge in [0.2, 0.25) is 0 Å². The number of carbonyl (C=O) groups excluding carboxylic acids is 1. The minimum Gasteiger partial charge on any atom is -0.377 e. The fraction of sp³-hybridized carbons (Fsp3) is 0.615. The molecule has 94 valence electrons. The summed E-state index contributed by atoms with van der Waals surface area (Å²) in [5.74, 6) is 0.213. The van der Waals surface area contributed by atoms with Crippen LogP contribution in [0.15, 0.2) is 12.1 Å². The Kier molecular flexibility index (Phi) is 3.97. The summed E-state index contributed by atoms with van der Waals surface area (Å²) in [5, 5.41) is 0. The van der Waals surface area contributed by atoms with Gasteiger partial charge in [-0.25, -0.2) is 0 Å². The Balaban J connectivity index is 1.94. The Hall–Kier alpha value is -0.710. The van der Waals surface area contributed by atoms with E-state index in [1.165, 1.54) is 4.88 Å². The second-order valence-electron chi connectivity index (χ2n) is 4.68. The summed E-state index contributed by atoms with van der Waals surface area (Å²) in [5.41, 5.74) is 0. The van der Waals surface area contributed by atoms with Crippen molar-refractivity contribution in [3.63, 3.8) is 0 Å². The minimum absolute atomic E-state index is 0.213. The van der Waals surface area contributed by atoms with E-state index < -0.39 is 0 Å². The largest absolute Gasteiger partial charge is 0.377 e. The monoisotopic (exact) mass is 253 g/mol. The third-order valence-electron chi connectivity index (χ3n) is 3.31. The van der Waals surface area contributed by atoms with Crippen LogP contribution in [0.2, 0.25) is 0 Å². The molecule has 2 heterocycles. The maximum Gasteiger partial charge on any atom is 0.186 e. The Morgan fingerprint density at radius 1 is 1.59 bits per heavy atom. The van der Waals surface area contributed by atoms with E-state index in [-0.39, 0.29) is 11.9 Å². The summed E-state index contributed by atoms with van der Waals surface area (Å²) in [4.78, 5) is 16.2. The van der Waals surface area contributed by atoms with Crippen LogP contribution in [0.25, 0.3) is 0 Å². The molecule has 1 aliphatic rings. The zero-order valence-electron chi connectivity index (χ0n) is 10.6. The van der Waals surface area contributed by atoms with E-state index in [1.54, 1.807) is 11.3 Å². The number of thiophene rings is 1. The number of ether oxygens (including phenoxy) is 1. The topological polar surface area (TPSA) is 29.5 Å². The third kappa shape index (κ3) is 2.94. The number of carbonyl (C=O) groups is 1. The van der Waals surface area contributed by atoms with Crippen LogP contribution in [0.4, 0.5) is 0 Å². The van der Waals surface area contributed by atoms with Gasteiger partial charge < -0.3 is 4.74 Å². The molecule has 4 heteroatoms. The van der Waals surface area contributed by atoms with E-state index in [0.717, 1.165) is 17.9 Å². The van der Waals surface area contributed by atoms with E-state index in [0.29, 0.717) is 12.6 Å². The van der Waals surface area contributed by atoms with Gasteiger partial charge in [0.25, 0.3) is 0 Å². The molecule has 0 amide bonds. The number of likely N-dealkylation sites (N-methyl/N-ethyl adjacent to an activating group) is 1. The molecule has 0 radical (unpaired) electrons. The summed E-state index contributed by atoms with van der Waals surface area (Å²) in [6, 6.07) is 4.30. The first-order valence-electron chi connectivity index (χ1n) is 5.99. The van der Waals surface area contributed by atoms with Crippen molar-refractivity contribution in [2.45, 2.75) is 32.4 Å². The number of aryl methyl sites for hydroxylation is 1. The molecule has 0 bridgehead atoms. The summed E-state index contributed by atoms with van der Waals surface area (Å²) in [7, 11) is 2.01. The van der Waals surface area contributed by atoms with Gasteiger partial charge in [0.05, 0.1) is 17.5 Å². The van der Waals surface area contributed by atoms with E-state index in [2.05, 4.69) is 11.8 Å². The minimum atomic E-state index is 0.213. The van der Waals surface area contributed by atoms with Crippen LogP contribution in [0, 0.1) is 6.92 Å². The Bertz CT molecular complexity index is 402. The van der Waals surface area contributed by atoms with Gasteiger partial charge >= 0.3 is 0 Å². The molecule has 1 aromatic rings. The maximum atomic E-state index is 12.1. The molecule has 1 aromatic heterocycles. The summed E-state index contributed by atoms with van der Waals surface area (Å²) >= 11 is 1.57. The molecular weight excluding hydrogens is 234 g/mol. The molecule has 2 unspecified atom stereocenters. The Morgan fingerprint density at radius 2 is 2.35 bits per heavy atom. The number of Topliss-reactive ketones (excluding diaryl/α,β-unsaturated/α-hetero) is 1. The second kappa shape index (κ2) is 5.29. The number of ketones is 1. The zero-order valence-corrected chi connectivity index (χ0v) is 11.4. The lowest BCUT2D eigenvalue weighted by Gasteiger charge is -2.25. The molecule has 3 nitrogen and oxygen atoms in total. The van der Waals surface area contributed by atoms with Crippen molar-refractivity contribution in [2.24, 2.45) is 0 Å². The zero-order chi connectivity index (χ0) is 12.4.